The lowest BCUT2D eigenvalue weighted by atomic mass is 9.93. The molecular weight excluding hydrogens is 295 g/mol. The zero-order chi connectivity index (χ0) is 14.8. The van der Waals surface area contributed by atoms with Gasteiger partial charge in [-0.1, -0.05) is 29.3 Å². The molecule has 1 aliphatic rings. The number of nitrogens with one attached hydrogen (secondary N) is 2. The van der Waals surface area contributed by atoms with Gasteiger partial charge in [-0.15, -0.1) is 0 Å². The Labute approximate surface area is 130 Å². The Hall–Kier alpha value is -0.770. The minimum Gasteiger partial charge on any atom is -0.351 e. The molecule has 1 aromatic carbocycles. The molecule has 2 rings (SSSR count). The minimum absolute atomic E-state index is 0.0787. The van der Waals surface area contributed by atoms with Crippen molar-refractivity contribution < 1.29 is 4.79 Å². The van der Waals surface area contributed by atoms with Crippen LogP contribution in [-0.2, 0) is 11.2 Å². The molecule has 1 aromatic rings. The first kappa shape index (κ1) is 15.6. The van der Waals surface area contributed by atoms with Crippen LogP contribution in [0.15, 0.2) is 18.2 Å². The average Bonchev–Trinajstić information content (AvgIpc) is 2.86. The maximum atomic E-state index is 12.2. The summed E-state index contributed by atoms with van der Waals surface area (Å²) in [6.45, 7) is 5.71. The van der Waals surface area contributed by atoms with Crippen LogP contribution in [0.25, 0.3) is 0 Å². The fourth-order valence-electron chi connectivity index (χ4n) is 2.50. The summed E-state index contributed by atoms with van der Waals surface area (Å²) < 4.78 is 0. The lowest BCUT2D eigenvalue weighted by molar-refractivity contribution is -0.126. The van der Waals surface area contributed by atoms with E-state index in [1.807, 2.05) is 26.0 Å². The molecule has 0 aromatic heterocycles. The van der Waals surface area contributed by atoms with Gasteiger partial charge in [-0.05, 0) is 50.9 Å². The molecule has 0 bridgehead atoms. The largest absolute Gasteiger partial charge is 0.351 e. The second kappa shape index (κ2) is 6.33. The lowest BCUT2D eigenvalue weighted by Gasteiger charge is -2.28. The zero-order valence-corrected chi connectivity index (χ0v) is 13.3. The molecule has 3 nitrogen and oxygen atoms in total. The maximum absolute atomic E-state index is 12.2. The Morgan fingerprint density at radius 2 is 2.20 bits per heavy atom. The number of carbonyl (C=O) groups excluding carboxylic acids is 1. The van der Waals surface area contributed by atoms with Crippen molar-refractivity contribution in [2.24, 2.45) is 5.92 Å². The Bertz CT molecular complexity index is 497. The van der Waals surface area contributed by atoms with Crippen LogP contribution in [0.5, 0.6) is 0 Å². The van der Waals surface area contributed by atoms with E-state index in [2.05, 4.69) is 10.6 Å². The van der Waals surface area contributed by atoms with Crippen LogP contribution in [0.4, 0.5) is 0 Å². The smallest absolute Gasteiger partial charge is 0.224 e. The van der Waals surface area contributed by atoms with Gasteiger partial charge in [-0.3, -0.25) is 4.79 Å². The van der Waals surface area contributed by atoms with E-state index >= 15 is 0 Å². The van der Waals surface area contributed by atoms with E-state index in [1.165, 1.54) is 0 Å². The highest BCUT2D eigenvalue weighted by atomic mass is 35.5. The quantitative estimate of drug-likeness (QED) is 0.897. The molecule has 1 fully saturated rings. The summed E-state index contributed by atoms with van der Waals surface area (Å²) in [4.78, 5) is 12.2. The molecule has 1 unspecified atom stereocenters. The molecule has 0 saturated carbocycles. The molecule has 0 spiro atoms. The van der Waals surface area contributed by atoms with Crippen molar-refractivity contribution in [1.82, 2.24) is 10.6 Å². The SMILES string of the molecule is CC(C)(Cc1ccc(Cl)cc1Cl)NC(=O)C1CCNC1. The molecule has 0 radical (unpaired) electrons. The van der Waals surface area contributed by atoms with E-state index in [9.17, 15) is 4.79 Å². The molecule has 2 N–H and O–H groups in total. The first-order valence-electron chi connectivity index (χ1n) is 6.84. The highest BCUT2D eigenvalue weighted by Crippen LogP contribution is 2.25. The summed E-state index contributed by atoms with van der Waals surface area (Å²) in [5.41, 5.74) is 0.655. The molecule has 1 atom stereocenters. The number of hydrogen-bond donors (Lipinski definition) is 2. The van der Waals surface area contributed by atoms with E-state index in [0.29, 0.717) is 16.5 Å². The van der Waals surface area contributed by atoms with E-state index in [-0.39, 0.29) is 17.4 Å². The lowest BCUT2D eigenvalue weighted by Crippen LogP contribution is -2.48. The number of carbonyl (C=O) groups is 1. The monoisotopic (exact) mass is 314 g/mol. The van der Waals surface area contributed by atoms with Crippen LogP contribution in [-0.4, -0.2) is 24.5 Å². The van der Waals surface area contributed by atoms with E-state index in [4.69, 9.17) is 23.2 Å². The molecule has 1 heterocycles. The van der Waals surface area contributed by atoms with Crippen LogP contribution < -0.4 is 10.6 Å². The predicted octanol–water partition coefficient (Wildman–Crippen LogP) is 3.04. The molecule has 1 aliphatic heterocycles. The van der Waals surface area contributed by atoms with Gasteiger partial charge >= 0.3 is 0 Å². The van der Waals surface area contributed by atoms with Crippen LogP contribution in [0.2, 0.25) is 10.0 Å². The summed E-state index contributed by atoms with van der Waals surface area (Å²) in [6.07, 6.45) is 1.58. The van der Waals surface area contributed by atoms with Gasteiger partial charge in [0.1, 0.15) is 0 Å². The molecule has 1 amide bonds. The molecule has 20 heavy (non-hydrogen) atoms. The Morgan fingerprint density at radius 1 is 1.45 bits per heavy atom. The van der Waals surface area contributed by atoms with Crippen molar-refractivity contribution >= 4 is 29.1 Å². The highest BCUT2D eigenvalue weighted by Gasteiger charge is 2.28. The van der Waals surface area contributed by atoms with Gasteiger partial charge in [-0.25, -0.2) is 0 Å². The first-order valence-corrected chi connectivity index (χ1v) is 7.60. The van der Waals surface area contributed by atoms with E-state index < -0.39 is 0 Å². The Kier molecular flexibility index (Phi) is 4.95. The molecule has 5 heteroatoms. The summed E-state index contributed by atoms with van der Waals surface area (Å²) >= 11 is 12.1. The fourth-order valence-corrected chi connectivity index (χ4v) is 2.97. The van der Waals surface area contributed by atoms with Crippen molar-refractivity contribution in [3.05, 3.63) is 33.8 Å². The number of amides is 1. The van der Waals surface area contributed by atoms with Gasteiger partial charge in [-0.2, -0.15) is 0 Å². The van der Waals surface area contributed by atoms with Crippen molar-refractivity contribution in [2.45, 2.75) is 32.2 Å². The summed E-state index contributed by atoms with van der Waals surface area (Å²) in [5.74, 6) is 0.194. The first-order chi connectivity index (χ1) is 9.37. The van der Waals surface area contributed by atoms with E-state index in [0.717, 1.165) is 25.1 Å². The van der Waals surface area contributed by atoms with Crippen LogP contribution in [0.1, 0.15) is 25.8 Å². The third-order valence-corrected chi connectivity index (χ3v) is 4.13. The topological polar surface area (TPSA) is 41.1 Å². The van der Waals surface area contributed by atoms with Gasteiger partial charge in [0.15, 0.2) is 0 Å². The van der Waals surface area contributed by atoms with Gasteiger partial charge in [0.25, 0.3) is 0 Å². The standard InChI is InChI=1S/C15H20Cl2N2O/c1-15(2,19-14(20)11-5-6-18-9-11)8-10-3-4-12(16)7-13(10)17/h3-4,7,11,18H,5-6,8-9H2,1-2H3,(H,19,20). The van der Waals surface area contributed by atoms with Crippen LogP contribution in [0.3, 0.4) is 0 Å². The summed E-state index contributed by atoms with van der Waals surface area (Å²) in [6, 6.07) is 5.47. The fraction of sp³-hybridized carbons (Fsp3) is 0.533. The third kappa shape index (κ3) is 4.11. The molecular formula is C15H20Cl2N2O. The third-order valence-electron chi connectivity index (χ3n) is 3.54. The second-order valence-corrected chi connectivity index (χ2v) is 6.82. The number of rotatable bonds is 4. The number of hydrogen-bond acceptors (Lipinski definition) is 2. The van der Waals surface area contributed by atoms with Crippen molar-refractivity contribution in [1.29, 1.82) is 0 Å². The van der Waals surface area contributed by atoms with Crippen LogP contribution >= 0.6 is 23.2 Å². The zero-order valence-electron chi connectivity index (χ0n) is 11.8. The van der Waals surface area contributed by atoms with Crippen molar-refractivity contribution in [3.8, 4) is 0 Å². The van der Waals surface area contributed by atoms with Gasteiger partial charge in [0.05, 0.1) is 5.92 Å². The molecule has 110 valence electrons. The van der Waals surface area contributed by atoms with Gasteiger partial charge in [0.2, 0.25) is 5.91 Å². The highest BCUT2D eigenvalue weighted by molar-refractivity contribution is 6.35. The molecule has 0 aliphatic carbocycles. The van der Waals surface area contributed by atoms with Gasteiger partial charge in [0, 0.05) is 22.1 Å². The summed E-state index contributed by atoms with van der Waals surface area (Å²) in [7, 11) is 0. The normalized spacial score (nSPS) is 19.1. The summed E-state index contributed by atoms with van der Waals surface area (Å²) in [5, 5.41) is 7.59. The van der Waals surface area contributed by atoms with E-state index in [1.54, 1.807) is 6.07 Å². The van der Waals surface area contributed by atoms with Crippen molar-refractivity contribution in [2.75, 3.05) is 13.1 Å². The van der Waals surface area contributed by atoms with Crippen molar-refractivity contribution in [3.63, 3.8) is 0 Å². The van der Waals surface area contributed by atoms with Gasteiger partial charge < -0.3 is 10.6 Å². The Balaban J connectivity index is 2.00. The minimum atomic E-state index is -0.336. The predicted molar refractivity (Wildman–Crippen MR) is 83.4 cm³/mol. The molecule has 1 saturated heterocycles. The van der Waals surface area contributed by atoms with Crippen LogP contribution in [0, 0.1) is 5.92 Å². The Morgan fingerprint density at radius 3 is 2.80 bits per heavy atom. The maximum Gasteiger partial charge on any atom is 0.224 e. The number of benzene rings is 1. The average molecular weight is 315 g/mol. The number of halogens is 2. The second-order valence-electron chi connectivity index (χ2n) is 5.98.